The maximum absolute atomic E-state index is 5.70. The molecule has 1 atom stereocenters. The Hall–Kier alpha value is -2.57. The van der Waals surface area contributed by atoms with Crippen molar-refractivity contribution in [3.8, 4) is 11.3 Å². The first-order valence-electron chi connectivity index (χ1n) is 9.08. The quantitative estimate of drug-likeness (QED) is 0.747. The first kappa shape index (κ1) is 15.7. The van der Waals surface area contributed by atoms with E-state index in [4.69, 9.17) is 9.72 Å². The van der Waals surface area contributed by atoms with E-state index in [0.717, 1.165) is 54.1 Å². The number of nitrogens with one attached hydrogen (secondary N) is 2. The molecular weight excluding hydrogens is 326 g/mol. The van der Waals surface area contributed by atoms with Crippen LogP contribution >= 0.6 is 0 Å². The molecule has 0 saturated carbocycles. The number of benzene rings is 1. The van der Waals surface area contributed by atoms with Crippen LogP contribution in [0.5, 0.6) is 0 Å². The third-order valence-electron chi connectivity index (χ3n) is 5.19. The predicted octanol–water partition coefficient (Wildman–Crippen LogP) is 2.57. The number of morpholine rings is 1. The number of H-pyrrole nitrogens is 1. The molecule has 0 unspecified atom stereocenters. The molecule has 0 spiro atoms. The molecule has 2 aliphatic heterocycles. The zero-order chi connectivity index (χ0) is 17.5. The number of hydrogen-bond acceptors (Lipinski definition) is 5. The van der Waals surface area contributed by atoms with Gasteiger partial charge in [-0.1, -0.05) is 0 Å². The molecule has 2 aromatic heterocycles. The minimum atomic E-state index is 0.188. The second-order valence-corrected chi connectivity index (χ2v) is 6.93. The van der Waals surface area contributed by atoms with Gasteiger partial charge in [-0.2, -0.15) is 0 Å². The summed E-state index contributed by atoms with van der Waals surface area (Å²) in [4.78, 5) is 17.1. The van der Waals surface area contributed by atoms with Gasteiger partial charge in [-0.25, -0.2) is 9.97 Å². The van der Waals surface area contributed by atoms with Crippen molar-refractivity contribution in [3.63, 3.8) is 0 Å². The van der Waals surface area contributed by atoms with Crippen LogP contribution in [0.2, 0.25) is 0 Å². The van der Waals surface area contributed by atoms with Crippen molar-refractivity contribution in [2.24, 2.45) is 4.99 Å². The molecule has 4 heterocycles. The van der Waals surface area contributed by atoms with Crippen molar-refractivity contribution in [1.29, 1.82) is 0 Å². The zero-order valence-electron chi connectivity index (χ0n) is 14.7. The van der Waals surface area contributed by atoms with E-state index in [0.29, 0.717) is 6.61 Å². The minimum Gasteiger partial charge on any atom is -0.378 e. The SMILES string of the molecule is Cc1c[nH]c2ncc(-c3cc4c(c([C@@H]5COCCN5)c3)C=NCC4)nc12. The summed E-state index contributed by atoms with van der Waals surface area (Å²) >= 11 is 0. The van der Waals surface area contributed by atoms with E-state index in [1.54, 1.807) is 0 Å². The summed E-state index contributed by atoms with van der Waals surface area (Å²) in [5.41, 5.74) is 8.69. The number of ether oxygens (including phenoxy) is 1. The second kappa shape index (κ2) is 6.30. The Morgan fingerprint density at radius 2 is 2.23 bits per heavy atom. The van der Waals surface area contributed by atoms with Crippen LogP contribution < -0.4 is 5.32 Å². The third-order valence-corrected chi connectivity index (χ3v) is 5.19. The van der Waals surface area contributed by atoms with Gasteiger partial charge in [0.2, 0.25) is 0 Å². The van der Waals surface area contributed by atoms with Crippen LogP contribution in [0.4, 0.5) is 0 Å². The average molecular weight is 347 g/mol. The Kier molecular flexibility index (Phi) is 3.80. The molecule has 5 rings (SSSR count). The van der Waals surface area contributed by atoms with Gasteiger partial charge < -0.3 is 15.0 Å². The van der Waals surface area contributed by atoms with Gasteiger partial charge in [-0.15, -0.1) is 0 Å². The molecule has 2 N–H and O–H groups in total. The third kappa shape index (κ3) is 2.62. The highest BCUT2D eigenvalue weighted by atomic mass is 16.5. The number of aliphatic imine (C=N–C) groups is 1. The Morgan fingerprint density at radius 1 is 1.27 bits per heavy atom. The van der Waals surface area contributed by atoms with Gasteiger partial charge >= 0.3 is 0 Å². The van der Waals surface area contributed by atoms with Crippen LogP contribution in [0.15, 0.2) is 29.5 Å². The fourth-order valence-electron chi connectivity index (χ4n) is 3.80. The van der Waals surface area contributed by atoms with Crippen LogP contribution in [0, 0.1) is 6.92 Å². The van der Waals surface area contributed by atoms with Crippen molar-refractivity contribution in [2.45, 2.75) is 19.4 Å². The molecule has 26 heavy (non-hydrogen) atoms. The highest BCUT2D eigenvalue weighted by Crippen LogP contribution is 2.31. The molecule has 0 amide bonds. The van der Waals surface area contributed by atoms with Gasteiger partial charge in [0.25, 0.3) is 0 Å². The molecule has 0 bridgehead atoms. The van der Waals surface area contributed by atoms with Crippen molar-refractivity contribution in [1.82, 2.24) is 20.3 Å². The fraction of sp³-hybridized carbons (Fsp3) is 0.350. The Labute approximate surface area is 151 Å². The van der Waals surface area contributed by atoms with Crippen LogP contribution in [0.1, 0.15) is 28.3 Å². The minimum absolute atomic E-state index is 0.188. The Bertz CT molecular complexity index is 1000. The van der Waals surface area contributed by atoms with Crippen molar-refractivity contribution in [2.75, 3.05) is 26.3 Å². The number of hydrogen-bond donors (Lipinski definition) is 2. The van der Waals surface area contributed by atoms with E-state index >= 15 is 0 Å². The highest BCUT2D eigenvalue weighted by molar-refractivity contribution is 5.87. The molecule has 6 nitrogen and oxygen atoms in total. The summed E-state index contributed by atoms with van der Waals surface area (Å²) in [6.07, 6.45) is 6.77. The fourth-order valence-corrected chi connectivity index (χ4v) is 3.80. The van der Waals surface area contributed by atoms with Crippen LogP contribution in [0.25, 0.3) is 22.4 Å². The number of rotatable bonds is 2. The largest absolute Gasteiger partial charge is 0.378 e. The van der Waals surface area contributed by atoms with E-state index in [-0.39, 0.29) is 6.04 Å². The highest BCUT2D eigenvalue weighted by Gasteiger charge is 2.22. The smallest absolute Gasteiger partial charge is 0.156 e. The average Bonchev–Trinajstić information content (AvgIpc) is 3.08. The van der Waals surface area contributed by atoms with Gasteiger partial charge in [0.05, 0.1) is 31.1 Å². The zero-order valence-corrected chi connectivity index (χ0v) is 14.7. The molecular formula is C20H21N5O. The monoisotopic (exact) mass is 347 g/mol. The lowest BCUT2D eigenvalue weighted by Gasteiger charge is -2.27. The van der Waals surface area contributed by atoms with E-state index in [1.807, 2.05) is 18.6 Å². The first-order chi connectivity index (χ1) is 12.8. The summed E-state index contributed by atoms with van der Waals surface area (Å²) in [5.74, 6) is 0. The van der Waals surface area contributed by atoms with Gasteiger partial charge in [-0.3, -0.25) is 4.99 Å². The Morgan fingerprint density at radius 3 is 3.12 bits per heavy atom. The summed E-state index contributed by atoms with van der Waals surface area (Å²) in [7, 11) is 0. The number of aryl methyl sites for hydroxylation is 1. The van der Waals surface area contributed by atoms with Crippen molar-refractivity contribution in [3.05, 3.63) is 46.8 Å². The molecule has 3 aromatic rings. The number of aromatic nitrogens is 3. The number of aromatic amines is 1. The topological polar surface area (TPSA) is 75.2 Å². The van der Waals surface area contributed by atoms with Gasteiger partial charge in [0.1, 0.15) is 5.52 Å². The molecule has 0 aliphatic carbocycles. The molecule has 6 heteroatoms. The van der Waals surface area contributed by atoms with Crippen molar-refractivity contribution < 1.29 is 4.74 Å². The number of nitrogens with zero attached hydrogens (tertiary/aromatic N) is 3. The summed E-state index contributed by atoms with van der Waals surface area (Å²) in [5, 5.41) is 3.57. The standard InChI is InChI=1S/C20H21N5O/c1-12-8-23-20-19(12)25-17(10-24-20)14-6-13-2-3-21-9-16(13)15(7-14)18-11-26-5-4-22-18/h6-10,18,22H,2-5,11H2,1H3,(H,23,24)/t18-/m0/s1. The van der Waals surface area contributed by atoms with Crippen LogP contribution in [0.3, 0.4) is 0 Å². The molecule has 132 valence electrons. The van der Waals surface area contributed by atoms with Crippen LogP contribution in [-0.4, -0.2) is 47.5 Å². The van der Waals surface area contributed by atoms with Crippen molar-refractivity contribution >= 4 is 17.4 Å². The predicted molar refractivity (Wildman–Crippen MR) is 102 cm³/mol. The molecule has 0 radical (unpaired) electrons. The van der Waals surface area contributed by atoms with E-state index in [1.165, 1.54) is 16.7 Å². The summed E-state index contributed by atoms with van der Waals surface area (Å²) in [6.45, 7) is 5.21. The molecule has 1 aromatic carbocycles. The van der Waals surface area contributed by atoms with E-state index < -0.39 is 0 Å². The van der Waals surface area contributed by atoms with E-state index in [9.17, 15) is 0 Å². The second-order valence-electron chi connectivity index (χ2n) is 6.93. The van der Waals surface area contributed by atoms with E-state index in [2.05, 4.69) is 39.3 Å². The van der Waals surface area contributed by atoms with Crippen LogP contribution in [-0.2, 0) is 11.2 Å². The first-order valence-corrected chi connectivity index (χ1v) is 9.08. The molecule has 1 fully saturated rings. The maximum Gasteiger partial charge on any atom is 0.156 e. The Balaban J connectivity index is 1.66. The maximum atomic E-state index is 5.70. The van der Waals surface area contributed by atoms with Gasteiger partial charge in [-0.05, 0) is 42.2 Å². The molecule has 1 saturated heterocycles. The lowest BCUT2D eigenvalue weighted by Crippen LogP contribution is -2.35. The van der Waals surface area contributed by atoms with Gasteiger partial charge in [0.15, 0.2) is 5.65 Å². The van der Waals surface area contributed by atoms with Gasteiger partial charge in [0, 0.05) is 36.6 Å². The molecule has 2 aliphatic rings. The lowest BCUT2D eigenvalue weighted by atomic mass is 9.90. The number of fused-ring (bicyclic) bond motifs is 2. The normalized spacial score (nSPS) is 19.7. The summed E-state index contributed by atoms with van der Waals surface area (Å²) in [6, 6.07) is 4.65. The lowest BCUT2D eigenvalue weighted by molar-refractivity contribution is 0.0768. The summed E-state index contributed by atoms with van der Waals surface area (Å²) < 4.78 is 5.70.